The lowest BCUT2D eigenvalue weighted by atomic mass is 10.1. The van der Waals surface area contributed by atoms with Gasteiger partial charge in [0.05, 0.1) is 46.0 Å². The maximum atomic E-state index is 13.4. The first-order valence-corrected chi connectivity index (χ1v) is 13.5. The number of nitrogen functional groups attached to an aromatic ring is 1. The molecule has 0 atom stereocenters. The highest BCUT2D eigenvalue weighted by Gasteiger charge is 2.19. The molecule has 4 aromatic heterocycles. The van der Waals surface area contributed by atoms with Gasteiger partial charge in [0, 0.05) is 12.2 Å². The van der Waals surface area contributed by atoms with Crippen molar-refractivity contribution in [2.24, 2.45) is 0 Å². The van der Waals surface area contributed by atoms with Crippen LogP contribution < -0.4 is 16.6 Å². The number of aryl methyl sites for hydroxylation is 2. The summed E-state index contributed by atoms with van der Waals surface area (Å²) in [6.07, 6.45) is 3.50. The Labute approximate surface area is 214 Å². The van der Waals surface area contributed by atoms with E-state index in [2.05, 4.69) is 30.2 Å². The number of fused-ring (bicyclic) bond motifs is 1. The van der Waals surface area contributed by atoms with E-state index in [0.717, 1.165) is 5.69 Å². The molecule has 194 valence electrons. The second-order valence-corrected chi connectivity index (χ2v) is 11.0. The second-order valence-electron chi connectivity index (χ2n) is 8.72. The molecule has 0 aliphatic rings. The van der Waals surface area contributed by atoms with Crippen LogP contribution in [-0.2, 0) is 22.8 Å². The molecule has 0 radical (unpaired) electrons. The summed E-state index contributed by atoms with van der Waals surface area (Å²) >= 11 is 0. The number of anilines is 2. The molecule has 0 spiro atoms. The molecule has 0 fully saturated rings. The van der Waals surface area contributed by atoms with Crippen molar-refractivity contribution >= 4 is 32.8 Å². The number of rotatable bonds is 8. The topological polar surface area (TPSA) is 172 Å². The molecule has 3 N–H and O–H groups in total. The van der Waals surface area contributed by atoms with Crippen LogP contribution in [0.4, 0.5) is 11.8 Å². The van der Waals surface area contributed by atoms with Crippen molar-refractivity contribution in [1.82, 2.24) is 34.5 Å². The van der Waals surface area contributed by atoms with Gasteiger partial charge < -0.3 is 11.1 Å². The minimum atomic E-state index is -3.34. The number of hydrogen-bond acceptors (Lipinski definition) is 11. The molecule has 0 amide bonds. The molecule has 4 heterocycles. The maximum Gasteiger partial charge on any atom is 0.295 e. The van der Waals surface area contributed by atoms with E-state index in [-0.39, 0.29) is 40.6 Å². The number of hydrogen-bond donors (Lipinski definition) is 2. The normalized spacial score (nSPS) is 11.8. The van der Waals surface area contributed by atoms with E-state index in [1.165, 1.54) is 12.3 Å². The number of nitrogens with two attached hydrogens (primary N) is 1. The molecule has 13 heteroatoms. The molecule has 0 saturated heterocycles. The molecular formula is C24H29N9O3S. The lowest BCUT2D eigenvalue weighted by molar-refractivity contribution is 0.593. The first-order valence-electron chi connectivity index (χ1n) is 11.9. The van der Waals surface area contributed by atoms with E-state index in [1.54, 1.807) is 23.8 Å². The van der Waals surface area contributed by atoms with Crippen LogP contribution in [0.15, 0.2) is 34.2 Å². The van der Waals surface area contributed by atoms with Gasteiger partial charge in [0.25, 0.3) is 5.56 Å². The number of sulfone groups is 1. The summed E-state index contributed by atoms with van der Waals surface area (Å²) in [6.45, 7) is 9.31. The van der Waals surface area contributed by atoms with Gasteiger partial charge in [0.1, 0.15) is 5.52 Å². The molecule has 0 aliphatic heterocycles. The highest BCUT2D eigenvalue weighted by atomic mass is 32.2. The van der Waals surface area contributed by atoms with Gasteiger partial charge in [-0.15, -0.1) is 0 Å². The van der Waals surface area contributed by atoms with E-state index in [0.29, 0.717) is 40.4 Å². The third kappa shape index (κ3) is 5.12. The Bertz CT molecular complexity index is 1630. The summed E-state index contributed by atoms with van der Waals surface area (Å²) < 4.78 is 25.6. The van der Waals surface area contributed by atoms with Crippen LogP contribution in [0.1, 0.15) is 50.8 Å². The average molecular weight is 524 g/mol. The number of nitrogens with one attached hydrogen (secondary N) is 1. The van der Waals surface area contributed by atoms with Crippen LogP contribution in [0.25, 0.3) is 22.6 Å². The molecule has 0 unspecified atom stereocenters. The van der Waals surface area contributed by atoms with Crippen LogP contribution in [0.3, 0.4) is 0 Å². The van der Waals surface area contributed by atoms with E-state index >= 15 is 0 Å². The third-order valence-corrected chi connectivity index (χ3v) is 7.58. The lowest BCUT2D eigenvalue weighted by Crippen LogP contribution is -2.27. The predicted molar refractivity (Wildman–Crippen MR) is 141 cm³/mol. The summed E-state index contributed by atoms with van der Waals surface area (Å²) in [5.74, 6) is 0.693. The van der Waals surface area contributed by atoms with Gasteiger partial charge in [-0.05, 0) is 39.3 Å². The van der Waals surface area contributed by atoms with Crippen LogP contribution in [0.5, 0.6) is 0 Å². The Balaban J connectivity index is 1.73. The van der Waals surface area contributed by atoms with Crippen LogP contribution in [-0.4, -0.2) is 48.6 Å². The van der Waals surface area contributed by atoms with Gasteiger partial charge in [-0.2, -0.15) is 0 Å². The second kappa shape index (κ2) is 10.2. The van der Waals surface area contributed by atoms with Gasteiger partial charge in [-0.1, -0.05) is 13.8 Å². The smallest absolute Gasteiger partial charge is 0.295 e. The van der Waals surface area contributed by atoms with E-state index < -0.39 is 9.84 Å². The first-order chi connectivity index (χ1) is 17.6. The fourth-order valence-electron chi connectivity index (χ4n) is 3.96. The standard InChI is InChI=1S/C24H29N9O3S/c1-6-17-19(14(5)29-24(25)31-17)20-28-12-18-22(32-20)33(13(3)4)23(34)21(30-18)27-10-15-8-9-16(11-26-15)37(35,36)7-2/h8-9,11-13H,6-7,10H2,1-5H3,(H,27,30)(H2,25,29,31). The number of aromatic nitrogens is 7. The molecule has 4 rings (SSSR count). The van der Waals surface area contributed by atoms with Crippen molar-refractivity contribution in [2.75, 3.05) is 16.8 Å². The molecule has 0 aliphatic carbocycles. The van der Waals surface area contributed by atoms with Crippen LogP contribution >= 0.6 is 0 Å². The largest absolute Gasteiger partial charge is 0.368 e. The Hall–Kier alpha value is -4.00. The highest BCUT2D eigenvalue weighted by molar-refractivity contribution is 7.91. The fourth-order valence-corrected chi connectivity index (χ4v) is 4.78. The van der Waals surface area contributed by atoms with Crippen molar-refractivity contribution in [1.29, 1.82) is 0 Å². The van der Waals surface area contributed by atoms with E-state index in [1.807, 2.05) is 27.7 Å². The highest BCUT2D eigenvalue weighted by Crippen LogP contribution is 2.25. The monoisotopic (exact) mass is 523 g/mol. The van der Waals surface area contributed by atoms with Gasteiger partial charge in [-0.25, -0.2) is 33.3 Å². The molecule has 0 aromatic carbocycles. The first kappa shape index (κ1) is 26.1. The van der Waals surface area contributed by atoms with Crippen molar-refractivity contribution in [3.8, 4) is 11.4 Å². The summed E-state index contributed by atoms with van der Waals surface area (Å²) in [5, 5.41) is 3.02. The van der Waals surface area contributed by atoms with Gasteiger partial charge in [0.15, 0.2) is 27.1 Å². The maximum absolute atomic E-state index is 13.4. The zero-order valence-electron chi connectivity index (χ0n) is 21.3. The Morgan fingerprint density at radius 1 is 1.05 bits per heavy atom. The Kier molecular flexibility index (Phi) is 7.16. The van der Waals surface area contributed by atoms with Crippen molar-refractivity contribution in [3.05, 3.63) is 52.0 Å². The third-order valence-electron chi connectivity index (χ3n) is 5.86. The zero-order chi connectivity index (χ0) is 26.9. The van der Waals surface area contributed by atoms with Crippen molar-refractivity contribution < 1.29 is 8.42 Å². The van der Waals surface area contributed by atoms with E-state index in [9.17, 15) is 13.2 Å². The van der Waals surface area contributed by atoms with E-state index in [4.69, 9.17) is 10.7 Å². The average Bonchev–Trinajstić information content (AvgIpc) is 2.86. The van der Waals surface area contributed by atoms with Crippen LogP contribution in [0.2, 0.25) is 0 Å². The number of nitrogens with zero attached hydrogens (tertiary/aromatic N) is 7. The molecule has 12 nitrogen and oxygen atoms in total. The summed E-state index contributed by atoms with van der Waals surface area (Å²) in [4.78, 5) is 40.0. The fraction of sp³-hybridized carbons (Fsp3) is 0.375. The van der Waals surface area contributed by atoms with Crippen molar-refractivity contribution in [2.45, 2.75) is 58.5 Å². The minimum absolute atomic E-state index is 0.00348. The van der Waals surface area contributed by atoms with Crippen molar-refractivity contribution in [3.63, 3.8) is 0 Å². The molecule has 0 saturated carbocycles. The van der Waals surface area contributed by atoms with Gasteiger partial charge in [-0.3, -0.25) is 14.3 Å². The molecule has 0 bridgehead atoms. The summed E-state index contributed by atoms with van der Waals surface area (Å²) in [7, 11) is -3.34. The number of pyridine rings is 1. The zero-order valence-corrected chi connectivity index (χ0v) is 22.2. The molecule has 37 heavy (non-hydrogen) atoms. The quantitative estimate of drug-likeness (QED) is 0.347. The molecule has 4 aromatic rings. The summed E-state index contributed by atoms with van der Waals surface area (Å²) in [5.41, 5.74) is 8.91. The summed E-state index contributed by atoms with van der Waals surface area (Å²) in [6, 6.07) is 2.90. The Morgan fingerprint density at radius 2 is 1.81 bits per heavy atom. The van der Waals surface area contributed by atoms with Gasteiger partial charge in [0.2, 0.25) is 5.95 Å². The Morgan fingerprint density at radius 3 is 2.43 bits per heavy atom. The predicted octanol–water partition coefficient (Wildman–Crippen LogP) is 2.48. The minimum Gasteiger partial charge on any atom is -0.368 e. The van der Waals surface area contributed by atoms with Gasteiger partial charge >= 0.3 is 0 Å². The van der Waals surface area contributed by atoms with Crippen LogP contribution in [0, 0.1) is 6.92 Å². The SMILES string of the molecule is CCc1nc(N)nc(C)c1-c1ncc2nc(NCc3ccc(S(=O)(=O)CC)cn3)c(=O)n(C(C)C)c2n1. The lowest BCUT2D eigenvalue weighted by Gasteiger charge is -2.16. The molecular weight excluding hydrogens is 494 g/mol.